The summed E-state index contributed by atoms with van der Waals surface area (Å²) in [5, 5.41) is 4.95. The number of nitrogens with zero attached hydrogens (tertiary/aromatic N) is 2. The zero-order valence-electron chi connectivity index (χ0n) is 15.9. The molecule has 0 spiro atoms. The van der Waals surface area contributed by atoms with Gasteiger partial charge in [0.05, 0.1) is 18.8 Å². The Kier molecular flexibility index (Phi) is 5.75. The van der Waals surface area contributed by atoms with Gasteiger partial charge in [0.15, 0.2) is 0 Å². The number of hydrogen-bond donors (Lipinski definition) is 2. The molecule has 0 aromatic heterocycles. The average molecular weight is 378 g/mol. The van der Waals surface area contributed by atoms with E-state index in [2.05, 4.69) is 32.9 Å². The van der Waals surface area contributed by atoms with Crippen molar-refractivity contribution in [3.63, 3.8) is 0 Å². The SMILES string of the molecule is O=C(NCc1ccc(N2CCN=C(C3CCC3)N2)cc1)OCc1ccccc1. The Morgan fingerprint density at radius 3 is 2.61 bits per heavy atom. The quantitative estimate of drug-likeness (QED) is 0.805. The molecule has 0 unspecified atom stereocenters. The van der Waals surface area contributed by atoms with Crippen LogP contribution in [0.15, 0.2) is 59.6 Å². The normalized spacial score (nSPS) is 16.6. The number of nitrogens with one attached hydrogen (secondary N) is 2. The standard InChI is InChI=1S/C22H26N4O2/c27-22(28-16-18-5-2-1-3-6-18)24-15-17-9-11-20(12-10-17)26-14-13-23-21(25-26)19-7-4-8-19/h1-3,5-6,9-12,19H,4,7-8,13-16H2,(H,23,25)(H,24,27). The van der Waals surface area contributed by atoms with Gasteiger partial charge in [-0.15, -0.1) is 0 Å². The van der Waals surface area contributed by atoms with E-state index in [1.165, 1.54) is 19.3 Å². The lowest BCUT2D eigenvalue weighted by molar-refractivity contribution is 0.139. The molecule has 1 aliphatic heterocycles. The van der Waals surface area contributed by atoms with Crippen LogP contribution in [0.4, 0.5) is 10.5 Å². The van der Waals surface area contributed by atoms with E-state index in [0.29, 0.717) is 12.5 Å². The molecular formula is C22H26N4O2. The Balaban J connectivity index is 1.24. The van der Waals surface area contributed by atoms with Gasteiger partial charge in [-0.1, -0.05) is 48.9 Å². The summed E-state index contributed by atoms with van der Waals surface area (Å²) in [6.07, 6.45) is 3.38. The fourth-order valence-electron chi connectivity index (χ4n) is 3.34. The lowest BCUT2D eigenvalue weighted by Crippen LogP contribution is -2.51. The van der Waals surface area contributed by atoms with Crippen molar-refractivity contribution in [1.29, 1.82) is 0 Å². The van der Waals surface area contributed by atoms with E-state index < -0.39 is 6.09 Å². The average Bonchev–Trinajstić information content (AvgIpc) is 2.71. The van der Waals surface area contributed by atoms with Gasteiger partial charge in [-0.2, -0.15) is 0 Å². The smallest absolute Gasteiger partial charge is 0.407 e. The summed E-state index contributed by atoms with van der Waals surface area (Å²) < 4.78 is 5.24. The Labute approximate surface area is 165 Å². The van der Waals surface area contributed by atoms with E-state index >= 15 is 0 Å². The molecule has 2 aliphatic rings. The third-order valence-corrected chi connectivity index (χ3v) is 5.24. The minimum Gasteiger partial charge on any atom is -0.445 e. The number of carbonyl (C=O) groups is 1. The molecule has 28 heavy (non-hydrogen) atoms. The Morgan fingerprint density at radius 2 is 1.89 bits per heavy atom. The van der Waals surface area contributed by atoms with E-state index in [0.717, 1.165) is 35.7 Å². The van der Waals surface area contributed by atoms with Gasteiger partial charge in [0.1, 0.15) is 12.4 Å². The van der Waals surface area contributed by atoms with Crippen molar-refractivity contribution >= 4 is 17.6 Å². The van der Waals surface area contributed by atoms with Crippen molar-refractivity contribution in [3.05, 3.63) is 65.7 Å². The molecular weight excluding hydrogens is 352 g/mol. The van der Waals surface area contributed by atoms with Crippen LogP contribution in [-0.2, 0) is 17.9 Å². The topological polar surface area (TPSA) is 66.0 Å². The summed E-state index contributed by atoms with van der Waals surface area (Å²) in [5.74, 6) is 1.73. The molecule has 2 aromatic rings. The number of ether oxygens (including phenoxy) is 1. The fourth-order valence-corrected chi connectivity index (χ4v) is 3.34. The lowest BCUT2D eigenvalue weighted by atomic mass is 9.84. The molecule has 6 nitrogen and oxygen atoms in total. The zero-order valence-corrected chi connectivity index (χ0v) is 15.9. The number of benzene rings is 2. The van der Waals surface area contributed by atoms with Crippen LogP contribution in [0.1, 0.15) is 30.4 Å². The van der Waals surface area contributed by atoms with Gasteiger partial charge in [-0.3, -0.25) is 15.4 Å². The summed E-state index contributed by atoms with van der Waals surface area (Å²) in [6, 6.07) is 17.9. The van der Waals surface area contributed by atoms with E-state index in [4.69, 9.17) is 4.74 Å². The van der Waals surface area contributed by atoms with Gasteiger partial charge in [-0.25, -0.2) is 4.79 Å². The Bertz CT molecular complexity index is 816. The molecule has 1 saturated carbocycles. The maximum atomic E-state index is 11.9. The predicted molar refractivity (Wildman–Crippen MR) is 110 cm³/mol. The highest BCUT2D eigenvalue weighted by molar-refractivity contribution is 5.87. The molecule has 1 aliphatic carbocycles. The molecule has 146 valence electrons. The molecule has 0 radical (unpaired) electrons. The van der Waals surface area contributed by atoms with Gasteiger partial charge >= 0.3 is 6.09 Å². The second-order valence-corrected chi connectivity index (χ2v) is 7.24. The first-order valence-electron chi connectivity index (χ1n) is 9.90. The fraction of sp³-hybridized carbons (Fsp3) is 0.364. The van der Waals surface area contributed by atoms with Gasteiger partial charge in [0.2, 0.25) is 0 Å². The maximum Gasteiger partial charge on any atom is 0.407 e. The number of hydrazine groups is 1. The monoisotopic (exact) mass is 378 g/mol. The largest absolute Gasteiger partial charge is 0.445 e. The number of amides is 1. The third-order valence-electron chi connectivity index (χ3n) is 5.24. The highest BCUT2D eigenvalue weighted by Crippen LogP contribution is 2.28. The summed E-state index contributed by atoms with van der Waals surface area (Å²) in [5.41, 5.74) is 6.59. The van der Waals surface area contributed by atoms with Crippen LogP contribution in [0.2, 0.25) is 0 Å². The number of carbonyl (C=O) groups excluding carboxylic acids is 1. The first kappa shape index (κ1) is 18.3. The molecule has 2 aromatic carbocycles. The zero-order chi connectivity index (χ0) is 19.2. The van der Waals surface area contributed by atoms with Crippen LogP contribution in [0.5, 0.6) is 0 Å². The summed E-state index contributed by atoms with van der Waals surface area (Å²) in [6.45, 7) is 2.41. The van der Waals surface area contributed by atoms with Crippen LogP contribution in [0, 0.1) is 5.92 Å². The van der Waals surface area contributed by atoms with Crippen molar-refractivity contribution in [2.24, 2.45) is 10.9 Å². The third kappa shape index (κ3) is 4.63. The second-order valence-electron chi connectivity index (χ2n) is 7.24. The predicted octanol–water partition coefficient (Wildman–Crippen LogP) is 3.64. The van der Waals surface area contributed by atoms with Crippen LogP contribution < -0.4 is 15.8 Å². The number of amidine groups is 1. The van der Waals surface area contributed by atoms with Crippen molar-refractivity contribution in [2.75, 3.05) is 18.1 Å². The van der Waals surface area contributed by atoms with E-state index in [9.17, 15) is 4.79 Å². The molecule has 0 saturated heterocycles. The number of alkyl carbamates (subject to hydrolysis) is 1. The van der Waals surface area contributed by atoms with Crippen LogP contribution in [0.25, 0.3) is 0 Å². The van der Waals surface area contributed by atoms with Gasteiger partial charge in [0.25, 0.3) is 0 Å². The molecule has 4 rings (SSSR count). The number of rotatable bonds is 6. The van der Waals surface area contributed by atoms with Gasteiger partial charge < -0.3 is 10.1 Å². The van der Waals surface area contributed by atoms with Crippen LogP contribution >= 0.6 is 0 Å². The molecule has 0 atom stereocenters. The first-order valence-corrected chi connectivity index (χ1v) is 9.90. The van der Waals surface area contributed by atoms with Gasteiger partial charge in [0, 0.05) is 12.5 Å². The maximum absolute atomic E-state index is 11.9. The molecule has 1 fully saturated rings. The molecule has 6 heteroatoms. The number of aliphatic imine (C=N–C) groups is 1. The minimum atomic E-state index is -0.410. The number of anilines is 1. The van der Waals surface area contributed by atoms with Crippen molar-refractivity contribution in [1.82, 2.24) is 10.7 Å². The Morgan fingerprint density at radius 1 is 1.11 bits per heavy atom. The van der Waals surface area contributed by atoms with Gasteiger partial charge in [-0.05, 0) is 36.1 Å². The molecule has 1 amide bonds. The van der Waals surface area contributed by atoms with Crippen molar-refractivity contribution in [3.8, 4) is 0 Å². The molecule has 0 bridgehead atoms. The Hall–Kier alpha value is -3.02. The summed E-state index contributed by atoms with van der Waals surface area (Å²) in [4.78, 5) is 16.5. The highest BCUT2D eigenvalue weighted by atomic mass is 16.5. The van der Waals surface area contributed by atoms with E-state index in [-0.39, 0.29) is 6.61 Å². The summed E-state index contributed by atoms with van der Waals surface area (Å²) in [7, 11) is 0. The van der Waals surface area contributed by atoms with Crippen LogP contribution in [0.3, 0.4) is 0 Å². The van der Waals surface area contributed by atoms with E-state index in [1.807, 2.05) is 42.5 Å². The minimum absolute atomic E-state index is 0.275. The second kappa shape index (κ2) is 8.78. The molecule has 1 heterocycles. The first-order chi connectivity index (χ1) is 13.8. The van der Waals surface area contributed by atoms with Crippen LogP contribution in [-0.4, -0.2) is 25.0 Å². The lowest BCUT2D eigenvalue weighted by Gasteiger charge is -2.36. The highest BCUT2D eigenvalue weighted by Gasteiger charge is 2.26. The molecule has 2 N–H and O–H groups in total. The van der Waals surface area contributed by atoms with Crippen molar-refractivity contribution < 1.29 is 9.53 Å². The number of hydrogen-bond acceptors (Lipinski definition) is 5. The summed E-state index contributed by atoms with van der Waals surface area (Å²) >= 11 is 0. The van der Waals surface area contributed by atoms with Crippen molar-refractivity contribution in [2.45, 2.75) is 32.4 Å². The van der Waals surface area contributed by atoms with E-state index in [1.54, 1.807) is 0 Å².